The Morgan fingerprint density at radius 3 is 2.68 bits per heavy atom. The number of morpholine rings is 1. The first-order valence-corrected chi connectivity index (χ1v) is 6.66. The molecule has 0 saturated carbocycles. The van der Waals surface area contributed by atoms with Gasteiger partial charge in [-0.25, -0.2) is 0 Å². The van der Waals surface area contributed by atoms with Crippen molar-refractivity contribution >= 4 is 11.9 Å². The SMILES string of the molecule is COC(=O)CC(C)N1CCOCC1C(=O)NC(C)C. The minimum Gasteiger partial charge on any atom is -0.469 e. The normalized spacial score (nSPS) is 22.1. The first-order valence-electron chi connectivity index (χ1n) is 6.66. The van der Waals surface area contributed by atoms with Gasteiger partial charge in [0, 0.05) is 18.6 Å². The molecule has 0 aliphatic carbocycles. The van der Waals surface area contributed by atoms with Crippen LogP contribution in [0, 0.1) is 0 Å². The van der Waals surface area contributed by atoms with E-state index in [1.54, 1.807) is 0 Å². The average Bonchev–Trinajstić information content (AvgIpc) is 2.37. The first kappa shape index (κ1) is 15.9. The van der Waals surface area contributed by atoms with E-state index in [-0.39, 0.29) is 36.4 Å². The van der Waals surface area contributed by atoms with Crippen LogP contribution in [0.4, 0.5) is 0 Å². The van der Waals surface area contributed by atoms with Crippen molar-refractivity contribution in [2.45, 2.75) is 45.3 Å². The third-order valence-electron chi connectivity index (χ3n) is 3.16. The standard InChI is InChI=1S/C13H24N2O4/c1-9(2)14-13(17)11-8-19-6-5-15(11)10(3)7-12(16)18-4/h9-11H,5-8H2,1-4H3,(H,14,17). The minimum absolute atomic E-state index is 0.0423. The Morgan fingerprint density at radius 1 is 1.42 bits per heavy atom. The fourth-order valence-electron chi connectivity index (χ4n) is 2.19. The predicted octanol–water partition coefficient (Wildman–Crippen LogP) is 0.163. The molecule has 6 heteroatoms. The van der Waals surface area contributed by atoms with Gasteiger partial charge >= 0.3 is 5.97 Å². The molecule has 6 nitrogen and oxygen atoms in total. The zero-order valence-electron chi connectivity index (χ0n) is 12.1. The maximum absolute atomic E-state index is 12.1. The molecule has 0 aromatic heterocycles. The number of ether oxygens (including phenoxy) is 2. The van der Waals surface area contributed by atoms with E-state index >= 15 is 0 Å². The second kappa shape index (κ2) is 7.45. The monoisotopic (exact) mass is 272 g/mol. The van der Waals surface area contributed by atoms with Crippen molar-refractivity contribution in [1.29, 1.82) is 0 Å². The highest BCUT2D eigenvalue weighted by Crippen LogP contribution is 2.14. The van der Waals surface area contributed by atoms with E-state index in [2.05, 4.69) is 10.1 Å². The van der Waals surface area contributed by atoms with E-state index < -0.39 is 0 Å². The Labute approximate surface area is 114 Å². The van der Waals surface area contributed by atoms with Crippen LogP contribution in [0.3, 0.4) is 0 Å². The van der Waals surface area contributed by atoms with Crippen molar-refractivity contribution in [2.75, 3.05) is 26.9 Å². The molecule has 1 N–H and O–H groups in total. The average molecular weight is 272 g/mol. The van der Waals surface area contributed by atoms with Crippen molar-refractivity contribution in [3.63, 3.8) is 0 Å². The van der Waals surface area contributed by atoms with Crippen LogP contribution in [0.5, 0.6) is 0 Å². The van der Waals surface area contributed by atoms with E-state index in [0.29, 0.717) is 19.8 Å². The lowest BCUT2D eigenvalue weighted by molar-refractivity contribution is -0.145. The highest BCUT2D eigenvalue weighted by Gasteiger charge is 2.33. The maximum atomic E-state index is 12.1. The molecular formula is C13H24N2O4. The molecule has 19 heavy (non-hydrogen) atoms. The smallest absolute Gasteiger partial charge is 0.307 e. The van der Waals surface area contributed by atoms with Gasteiger partial charge in [-0.2, -0.15) is 0 Å². The zero-order valence-corrected chi connectivity index (χ0v) is 12.1. The Hall–Kier alpha value is -1.14. The highest BCUT2D eigenvalue weighted by atomic mass is 16.5. The Balaban J connectivity index is 2.66. The second-order valence-corrected chi connectivity index (χ2v) is 5.12. The van der Waals surface area contributed by atoms with Crippen molar-refractivity contribution in [1.82, 2.24) is 10.2 Å². The molecule has 1 aliphatic heterocycles. The topological polar surface area (TPSA) is 67.9 Å². The molecule has 1 aliphatic rings. The van der Waals surface area contributed by atoms with Gasteiger partial charge in [-0.05, 0) is 20.8 Å². The number of hydrogen-bond donors (Lipinski definition) is 1. The lowest BCUT2D eigenvalue weighted by Crippen LogP contribution is -2.57. The molecule has 0 aromatic rings. The summed E-state index contributed by atoms with van der Waals surface area (Å²) >= 11 is 0. The summed E-state index contributed by atoms with van der Waals surface area (Å²) in [6, 6.07) is -0.290. The number of nitrogens with one attached hydrogen (secondary N) is 1. The van der Waals surface area contributed by atoms with E-state index in [1.165, 1.54) is 7.11 Å². The number of carbonyl (C=O) groups is 2. The van der Waals surface area contributed by atoms with Gasteiger partial charge in [0.15, 0.2) is 0 Å². The summed E-state index contributed by atoms with van der Waals surface area (Å²) in [6.07, 6.45) is 0.280. The van der Waals surface area contributed by atoms with Crippen molar-refractivity contribution in [3.8, 4) is 0 Å². The number of hydrogen-bond acceptors (Lipinski definition) is 5. The van der Waals surface area contributed by atoms with Crippen LogP contribution in [0.1, 0.15) is 27.2 Å². The quantitative estimate of drug-likeness (QED) is 0.722. The van der Waals surface area contributed by atoms with Crippen LogP contribution in [-0.2, 0) is 19.1 Å². The summed E-state index contributed by atoms with van der Waals surface area (Å²) in [5, 5.41) is 2.89. The summed E-state index contributed by atoms with van der Waals surface area (Å²) in [6.45, 7) is 7.36. The van der Waals surface area contributed by atoms with Crippen LogP contribution in [0.15, 0.2) is 0 Å². The molecule has 1 heterocycles. The Kier molecular flexibility index (Phi) is 6.24. The predicted molar refractivity (Wildman–Crippen MR) is 70.7 cm³/mol. The number of esters is 1. The van der Waals surface area contributed by atoms with Crippen LogP contribution < -0.4 is 5.32 Å². The van der Waals surface area contributed by atoms with Crippen LogP contribution in [0.2, 0.25) is 0 Å². The first-order chi connectivity index (χ1) is 8.95. The van der Waals surface area contributed by atoms with Crippen molar-refractivity contribution in [3.05, 3.63) is 0 Å². The molecule has 0 spiro atoms. The molecule has 1 amide bonds. The molecule has 1 rings (SSSR count). The molecule has 0 radical (unpaired) electrons. The minimum atomic E-state index is -0.337. The van der Waals surface area contributed by atoms with E-state index in [0.717, 1.165) is 0 Å². The van der Waals surface area contributed by atoms with Crippen LogP contribution >= 0.6 is 0 Å². The largest absolute Gasteiger partial charge is 0.469 e. The van der Waals surface area contributed by atoms with Gasteiger partial charge in [-0.15, -0.1) is 0 Å². The molecule has 0 aromatic carbocycles. The second-order valence-electron chi connectivity index (χ2n) is 5.12. The van der Waals surface area contributed by atoms with Gasteiger partial charge in [-0.1, -0.05) is 0 Å². The molecule has 110 valence electrons. The third-order valence-corrected chi connectivity index (χ3v) is 3.16. The summed E-state index contributed by atoms with van der Waals surface area (Å²) in [4.78, 5) is 25.5. The molecule has 1 saturated heterocycles. The lowest BCUT2D eigenvalue weighted by atomic mass is 10.1. The molecule has 1 fully saturated rings. The van der Waals surface area contributed by atoms with E-state index in [4.69, 9.17) is 4.74 Å². The van der Waals surface area contributed by atoms with E-state index in [1.807, 2.05) is 25.7 Å². The number of methoxy groups -OCH3 is 1. The van der Waals surface area contributed by atoms with E-state index in [9.17, 15) is 9.59 Å². The number of rotatable bonds is 5. The van der Waals surface area contributed by atoms with Crippen LogP contribution in [0.25, 0.3) is 0 Å². The molecule has 0 bridgehead atoms. The summed E-state index contributed by atoms with van der Waals surface area (Å²) in [7, 11) is 1.37. The van der Waals surface area contributed by atoms with Gasteiger partial charge in [0.1, 0.15) is 6.04 Å². The lowest BCUT2D eigenvalue weighted by Gasteiger charge is -2.38. The molecular weight excluding hydrogens is 248 g/mol. The third kappa shape index (κ3) is 4.80. The van der Waals surface area contributed by atoms with Gasteiger partial charge in [0.2, 0.25) is 5.91 Å². The molecule has 2 atom stereocenters. The van der Waals surface area contributed by atoms with Gasteiger partial charge in [-0.3, -0.25) is 14.5 Å². The Bertz CT molecular complexity index is 320. The maximum Gasteiger partial charge on any atom is 0.307 e. The molecule has 2 unspecified atom stereocenters. The van der Waals surface area contributed by atoms with Gasteiger partial charge in [0.25, 0.3) is 0 Å². The number of nitrogens with zero attached hydrogens (tertiary/aromatic N) is 1. The summed E-state index contributed by atoms with van der Waals surface area (Å²) in [5.74, 6) is -0.312. The zero-order chi connectivity index (χ0) is 14.4. The van der Waals surface area contributed by atoms with Crippen molar-refractivity contribution < 1.29 is 19.1 Å². The Morgan fingerprint density at radius 2 is 2.11 bits per heavy atom. The number of carbonyl (C=O) groups excluding carboxylic acids is 2. The summed E-state index contributed by atoms with van der Waals surface area (Å²) in [5.41, 5.74) is 0. The highest BCUT2D eigenvalue weighted by molar-refractivity contribution is 5.82. The van der Waals surface area contributed by atoms with Gasteiger partial charge in [0.05, 0.1) is 26.7 Å². The number of amides is 1. The van der Waals surface area contributed by atoms with Gasteiger partial charge < -0.3 is 14.8 Å². The fourth-order valence-corrected chi connectivity index (χ4v) is 2.19. The fraction of sp³-hybridized carbons (Fsp3) is 0.846. The van der Waals surface area contributed by atoms with Crippen LogP contribution in [-0.4, -0.2) is 61.8 Å². The summed E-state index contributed by atoms with van der Waals surface area (Å²) < 4.78 is 10.1. The van der Waals surface area contributed by atoms with Crippen molar-refractivity contribution in [2.24, 2.45) is 0 Å².